The summed E-state index contributed by atoms with van der Waals surface area (Å²) in [4.78, 5) is 15.0. The smallest absolute Gasteiger partial charge is 0.404 e. The average molecular weight is 343 g/mol. The fraction of sp³-hybridized carbons (Fsp3) is 0.500. The normalized spacial score (nSPS) is 10.9. The van der Waals surface area contributed by atoms with E-state index in [-0.39, 0.29) is 0 Å². The van der Waals surface area contributed by atoms with Gasteiger partial charge in [0.2, 0.25) is 0 Å². The van der Waals surface area contributed by atoms with Crippen LogP contribution in [0.5, 0.6) is 0 Å². The Kier molecular flexibility index (Phi) is 7.51. The van der Waals surface area contributed by atoms with E-state index in [0.29, 0.717) is 12.4 Å². The predicted octanol–water partition coefficient (Wildman–Crippen LogP) is 4.53. The number of pyridine rings is 1. The SMILES string of the molecule is CCCCCc1cc2c(CCCCCNC(=O)O)cccc2nc1N. The lowest BCUT2D eigenvalue weighted by Crippen LogP contribution is -2.21. The highest BCUT2D eigenvalue weighted by Gasteiger charge is 2.07. The first-order chi connectivity index (χ1) is 12.1. The van der Waals surface area contributed by atoms with E-state index in [1.165, 1.54) is 23.8 Å². The number of nitrogens with zero attached hydrogens (tertiary/aromatic N) is 1. The second-order valence-electron chi connectivity index (χ2n) is 6.52. The van der Waals surface area contributed by atoms with Crippen LogP contribution < -0.4 is 11.1 Å². The van der Waals surface area contributed by atoms with Crippen LogP contribution >= 0.6 is 0 Å². The number of aryl methyl sites for hydroxylation is 2. The number of fused-ring (bicyclic) bond motifs is 1. The summed E-state index contributed by atoms with van der Waals surface area (Å²) >= 11 is 0. The first kappa shape index (κ1) is 19.0. The average Bonchev–Trinajstić information content (AvgIpc) is 2.58. The maximum atomic E-state index is 10.4. The molecule has 0 fully saturated rings. The number of hydrogen-bond acceptors (Lipinski definition) is 3. The van der Waals surface area contributed by atoms with Crippen molar-refractivity contribution >= 4 is 22.8 Å². The number of hydrogen-bond donors (Lipinski definition) is 3. The third-order valence-electron chi connectivity index (χ3n) is 4.51. The van der Waals surface area contributed by atoms with Gasteiger partial charge in [0, 0.05) is 11.9 Å². The van der Waals surface area contributed by atoms with Gasteiger partial charge >= 0.3 is 6.09 Å². The van der Waals surface area contributed by atoms with Crippen LogP contribution in [0.25, 0.3) is 10.9 Å². The quantitative estimate of drug-likeness (QED) is 0.553. The Labute approximate surface area is 149 Å². The summed E-state index contributed by atoms with van der Waals surface area (Å²) in [6.07, 6.45) is 7.47. The van der Waals surface area contributed by atoms with Gasteiger partial charge in [0.15, 0.2) is 0 Å². The number of aromatic nitrogens is 1. The molecule has 2 aromatic rings. The van der Waals surface area contributed by atoms with Gasteiger partial charge < -0.3 is 16.2 Å². The molecule has 0 unspecified atom stereocenters. The molecule has 0 saturated carbocycles. The molecule has 0 aliphatic heterocycles. The minimum atomic E-state index is -0.951. The summed E-state index contributed by atoms with van der Waals surface area (Å²) in [5.74, 6) is 0.653. The zero-order valence-corrected chi connectivity index (χ0v) is 15.1. The van der Waals surface area contributed by atoms with Crippen molar-refractivity contribution in [1.29, 1.82) is 0 Å². The number of carbonyl (C=O) groups is 1. The number of rotatable bonds is 10. The molecule has 5 nitrogen and oxygen atoms in total. The molecule has 1 aromatic carbocycles. The topological polar surface area (TPSA) is 88.2 Å². The maximum absolute atomic E-state index is 10.4. The monoisotopic (exact) mass is 343 g/mol. The molecule has 0 spiro atoms. The zero-order valence-electron chi connectivity index (χ0n) is 15.1. The Morgan fingerprint density at radius 3 is 2.64 bits per heavy atom. The minimum Gasteiger partial charge on any atom is -0.465 e. The molecule has 136 valence electrons. The fourth-order valence-corrected chi connectivity index (χ4v) is 3.11. The number of anilines is 1. The standard InChI is InChI=1S/C20H29N3O2/c1-2-3-5-10-16-14-17-15(9-6-4-7-13-22-20(24)25)11-8-12-18(17)23-19(16)21/h8,11-12,14,22H,2-7,9-10,13H2,1H3,(H2,21,23)(H,24,25). The minimum absolute atomic E-state index is 0.518. The van der Waals surface area contributed by atoms with E-state index in [9.17, 15) is 4.79 Å². The third-order valence-corrected chi connectivity index (χ3v) is 4.51. The van der Waals surface area contributed by atoms with Crippen molar-refractivity contribution in [1.82, 2.24) is 10.3 Å². The third kappa shape index (κ3) is 5.93. The van der Waals surface area contributed by atoms with Crippen molar-refractivity contribution in [3.63, 3.8) is 0 Å². The second kappa shape index (κ2) is 9.87. The van der Waals surface area contributed by atoms with Crippen LogP contribution in [-0.2, 0) is 12.8 Å². The number of nitrogen functional groups attached to an aromatic ring is 1. The summed E-state index contributed by atoms with van der Waals surface area (Å²) in [7, 11) is 0. The zero-order chi connectivity index (χ0) is 18.1. The van der Waals surface area contributed by atoms with Gasteiger partial charge in [0.05, 0.1) is 5.52 Å². The van der Waals surface area contributed by atoms with Gasteiger partial charge in [-0.1, -0.05) is 38.3 Å². The van der Waals surface area contributed by atoms with Gasteiger partial charge in [-0.15, -0.1) is 0 Å². The van der Waals surface area contributed by atoms with Crippen LogP contribution in [0, 0.1) is 0 Å². The summed E-state index contributed by atoms with van der Waals surface area (Å²) in [6.45, 7) is 2.72. The van der Waals surface area contributed by atoms with E-state index < -0.39 is 6.09 Å². The molecule has 0 aliphatic rings. The van der Waals surface area contributed by atoms with Crippen LogP contribution in [0.3, 0.4) is 0 Å². The Balaban J connectivity index is 2.01. The van der Waals surface area contributed by atoms with Crippen molar-refractivity contribution in [2.75, 3.05) is 12.3 Å². The molecular formula is C20H29N3O2. The molecule has 1 amide bonds. The Morgan fingerprint density at radius 1 is 1.12 bits per heavy atom. The molecule has 4 N–H and O–H groups in total. The molecule has 1 heterocycles. The van der Waals surface area contributed by atoms with Crippen molar-refractivity contribution in [3.8, 4) is 0 Å². The summed E-state index contributed by atoms with van der Waals surface area (Å²) in [5.41, 5.74) is 9.54. The number of nitrogens with two attached hydrogens (primary N) is 1. The molecule has 2 rings (SSSR count). The summed E-state index contributed by atoms with van der Waals surface area (Å²) in [6, 6.07) is 8.43. The van der Waals surface area contributed by atoms with E-state index in [1.807, 2.05) is 12.1 Å². The molecule has 0 aliphatic carbocycles. The van der Waals surface area contributed by atoms with E-state index in [2.05, 4.69) is 29.4 Å². The number of carboxylic acid groups (broad SMARTS) is 1. The Morgan fingerprint density at radius 2 is 1.88 bits per heavy atom. The molecule has 0 radical (unpaired) electrons. The van der Waals surface area contributed by atoms with Crippen molar-refractivity contribution in [2.45, 2.75) is 58.3 Å². The number of amides is 1. The van der Waals surface area contributed by atoms with Crippen molar-refractivity contribution in [3.05, 3.63) is 35.4 Å². The van der Waals surface area contributed by atoms with E-state index in [1.54, 1.807) is 0 Å². The number of benzene rings is 1. The van der Waals surface area contributed by atoms with Crippen molar-refractivity contribution < 1.29 is 9.90 Å². The molecule has 0 saturated heterocycles. The van der Waals surface area contributed by atoms with Crippen LogP contribution in [0.15, 0.2) is 24.3 Å². The molecular weight excluding hydrogens is 314 g/mol. The highest BCUT2D eigenvalue weighted by atomic mass is 16.4. The van der Waals surface area contributed by atoms with Gasteiger partial charge in [-0.05, 0) is 55.4 Å². The number of unbranched alkanes of at least 4 members (excludes halogenated alkanes) is 4. The van der Waals surface area contributed by atoms with E-state index in [4.69, 9.17) is 10.8 Å². The van der Waals surface area contributed by atoms with Gasteiger partial charge in [-0.25, -0.2) is 9.78 Å². The highest BCUT2D eigenvalue weighted by molar-refractivity contribution is 5.84. The van der Waals surface area contributed by atoms with Gasteiger partial charge in [-0.3, -0.25) is 0 Å². The summed E-state index contributed by atoms with van der Waals surface area (Å²) < 4.78 is 0. The Hall–Kier alpha value is -2.30. The van der Waals surface area contributed by atoms with Gasteiger partial charge in [-0.2, -0.15) is 0 Å². The number of nitrogens with one attached hydrogen (secondary N) is 1. The van der Waals surface area contributed by atoms with E-state index >= 15 is 0 Å². The first-order valence-electron chi connectivity index (χ1n) is 9.25. The van der Waals surface area contributed by atoms with Crippen molar-refractivity contribution in [2.24, 2.45) is 0 Å². The molecule has 25 heavy (non-hydrogen) atoms. The predicted molar refractivity (Wildman–Crippen MR) is 103 cm³/mol. The lowest BCUT2D eigenvalue weighted by molar-refractivity contribution is 0.194. The Bertz CT molecular complexity index is 701. The van der Waals surface area contributed by atoms with Gasteiger partial charge in [0.25, 0.3) is 0 Å². The molecule has 0 bridgehead atoms. The highest BCUT2D eigenvalue weighted by Crippen LogP contribution is 2.24. The largest absolute Gasteiger partial charge is 0.465 e. The summed E-state index contributed by atoms with van der Waals surface area (Å²) in [5, 5.41) is 12.2. The first-order valence-corrected chi connectivity index (χ1v) is 9.25. The van der Waals surface area contributed by atoms with Crippen LogP contribution in [0.1, 0.15) is 56.6 Å². The fourth-order valence-electron chi connectivity index (χ4n) is 3.11. The maximum Gasteiger partial charge on any atom is 0.404 e. The lowest BCUT2D eigenvalue weighted by atomic mass is 9.99. The lowest BCUT2D eigenvalue weighted by Gasteiger charge is -2.11. The van der Waals surface area contributed by atoms with Crippen LogP contribution in [-0.4, -0.2) is 22.7 Å². The second-order valence-corrected chi connectivity index (χ2v) is 6.52. The molecule has 5 heteroatoms. The van der Waals surface area contributed by atoms with Crippen LogP contribution in [0.2, 0.25) is 0 Å². The molecule has 0 atom stereocenters. The van der Waals surface area contributed by atoms with Crippen LogP contribution in [0.4, 0.5) is 10.6 Å². The van der Waals surface area contributed by atoms with Gasteiger partial charge in [0.1, 0.15) is 5.82 Å². The molecule has 1 aromatic heterocycles. The van der Waals surface area contributed by atoms with E-state index in [0.717, 1.165) is 49.6 Å².